The van der Waals surface area contributed by atoms with Gasteiger partial charge in [0.1, 0.15) is 12.4 Å². The van der Waals surface area contributed by atoms with Gasteiger partial charge in [-0.25, -0.2) is 0 Å². The molecule has 224 valence electrons. The molecule has 9 nitrogen and oxygen atoms in total. The SMILES string of the molecule is COc1ccc2cc1OCCCN(C(=O)CN1CCOc3ccccc3C1)CC(=O)NCCc1c([nH]c3ccccc13)C2. The molecule has 0 aliphatic carbocycles. The zero-order chi connectivity index (χ0) is 29.6. The van der Waals surface area contributed by atoms with Crippen molar-refractivity contribution in [1.29, 1.82) is 0 Å². The number of ether oxygens (including phenoxy) is 3. The Labute approximate surface area is 251 Å². The molecule has 2 N–H and O–H groups in total. The van der Waals surface area contributed by atoms with Crippen LogP contribution in [0.5, 0.6) is 17.2 Å². The van der Waals surface area contributed by atoms with Crippen molar-refractivity contribution >= 4 is 22.7 Å². The zero-order valence-electron chi connectivity index (χ0n) is 24.6. The van der Waals surface area contributed by atoms with Crippen LogP contribution in [-0.2, 0) is 29.0 Å². The van der Waals surface area contributed by atoms with Crippen LogP contribution in [0.15, 0.2) is 66.7 Å². The summed E-state index contributed by atoms with van der Waals surface area (Å²) in [6.07, 6.45) is 1.95. The Morgan fingerprint density at radius 2 is 1.79 bits per heavy atom. The third-order valence-electron chi connectivity index (χ3n) is 8.12. The first kappa shape index (κ1) is 28.6. The second kappa shape index (κ2) is 13.2. The fourth-order valence-corrected chi connectivity index (χ4v) is 5.93. The molecule has 2 bridgehead atoms. The highest BCUT2D eigenvalue weighted by Gasteiger charge is 2.23. The number of H-pyrrole nitrogens is 1. The molecule has 6 rings (SSSR count). The molecule has 0 fully saturated rings. The highest BCUT2D eigenvalue weighted by Crippen LogP contribution is 2.31. The topological polar surface area (TPSA) is 96.1 Å². The third-order valence-corrected chi connectivity index (χ3v) is 8.12. The predicted octanol–water partition coefficient (Wildman–Crippen LogP) is 3.93. The van der Waals surface area contributed by atoms with E-state index >= 15 is 0 Å². The molecule has 0 atom stereocenters. The van der Waals surface area contributed by atoms with E-state index in [0.717, 1.165) is 33.5 Å². The van der Waals surface area contributed by atoms with Gasteiger partial charge in [0.2, 0.25) is 11.8 Å². The number of aromatic amines is 1. The quantitative estimate of drug-likeness (QED) is 0.380. The molecule has 2 aliphatic rings. The van der Waals surface area contributed by atoms with E-state index in [9.17, 15) is 9.59 Å². The maximum absolute atomic E-state index is 13.6. The molecule has 1 aromatic heterocycles. The number of hydrogen-bond donors (Lipinski definition) is 2. The molecule has 2 amide bonds. The van der Waals surface area contributed by atoms with Crippen LogP contribution >= 0.6 is 0 Å². The number of amides is 2. The minimum atomic E-state index is -0.167. The van der Waals surface area contributed by atoms with Gasteiger partial charge in [-0.2, -0.15) is 0 Å². The van der Waals surface area contributed by atoms with Crippen molar-refractivity contribution in [3.63, 3.8) is 0 Å². The fourth-order valence-electron chi connectivity index (χ4n) is 5.93. The number of nitrogens with zero attached hydrogens (tertiary/aromatic N) is 2. The van der Waals surface area contributed by atoms with Crippen LogP contribution in [0.1, 0.15) is 28.8 Å². The van der Waals surface area contributed by atoms with E-state index in [1.165, 1.54) is 5.56 Å². The molecule has 0 spiro atoms. The van der Waals surface area contributed by atoms with E-state index in [-0.39, 0.29) is 24.9 Å². The van der Waals surface area contributed by atoms with Gasteiger partial charge < -0.3 is 29.4 Å². The second-order valence-corrected chi connectivity index (χ2v) is 11.1. The van der Waals surface area contributed by atoms with Crippen molar-refractivity contribution in [2.24, 2.45) is 0 Å². The number of para-hydroxylation sites is 2. The Hall–Kier alpha value is -4.50. The normalized spacial score (nSPS) is 16.7. The Kier molecular flexibility index (Phi) is 8.79. The summed E-state index contributed by atoms with van der Waals surface area (Å²) in [5.41, 5.74) is 5.51. The van der Waals surface area contributed by atoms with E-state index in [1.807, 2.05) is 48.5 Å². The summed E-state index contributed by atoms with van der Waals surface area (Å²) in [6, 6.07) is 22.2. The Bertz CT molecular complexity index is 1600. The molecule has 43 heavy (non-hydrogen) atoms. The zero-order valence-corrected chi connectivity index (χ0v) is 24.6. The lowest BCUT2D eigenvalue weighted by atomic mass is 10.0. The smallest absolute Gasteiger partial charge is 0.239 e. The first-order valence-electron chi connectivity index (χ1n) is 14.9. The molecular formula is C34H38N4O5. The first-order chi connectivity index (χ1) is 21.1. The second-order valence-electron chi connectivity index (χ2n) is 11.1. The van der Waals surface area contributed by atoms with E-state index in [4.69, 9.17) is 14.2 Å². The van der Waals surface area contributed by atoms with E-state index < -0.39 is 0 Å². The van der Waals surface area contributed by atoms with Gasteiger partial charge in [-0.3, -0.25) is 14.5 Å². The van der Waals surface area contributed by atoms with Crippen LogP contribution in [-0.4, -0.2) is 79.6 Å². The van der Waals surface area contributed by atoms with Gasteiger partial charge in [-0.15, -0.1) is 0 Å². The highest BCUT2D eigenvalue weighted by molar-refractivity contribution is 5.86. The van der Waals surface area contributed by atoms with Crippen LogP contribution in [0, 0.1) is 0 Å². The summed E-state index contributed by atoms with van der Waals surface area (Å²) < 4.78 is 17.6. The minimum absolute atomic E-state index is 0.000686. The molecule has 0 unspecified atom stereocenters. The van der Waals surface area contributed by atoms with Crippen molar-refractivity contribution in [2.75, 3.05) is 53.0 Å². The van der Waals surface area contributed by atoms with Gasteiger partial charge in [0.15, 0.2) is 11.5 Å². The molecule has 9 heteroatoms. The summed E-state index contributed by atoms with van der Waals surface area (Å²) in [5, 5.41) is 4.21. The number of carbonyl (C=O) groups excluding carboxylic acids is 2. The van der Waals surface area contributed by atoms with Crippen molar-refractivity contribution in [1.82, 2.24) is 20.1 Å². The predicted molar refractivity (Wildman–Crippen MR) is 165 cm³/mol. The molecule has 0 saturated heterocycles. The number of rotatable bonds is 3. The average molecular weight is 583 g/mol. The van der Waals surface area contributed by atoms with Crippen LogP contribution in [0.25, 0.3) is 10.9 Å². The lowest BCUT2D eigenvalue weighted by molar-refractivity contribution is -0.137. The Morgan fingerprint density at radius 1 is 0.953 bits per heavy atom. The summed E-state index contributed by atoms with van der Waals surface area (Å²) in [5.74, 6) is 1.94. The molecule has 0 radical (unpaired) electrons. The molecule has 2 aliphatic heterocycles. The maximum atomic E-state index is 13.6. The number of fused-ring (bicyclic) bond motifs is 6. The van der Waals surface area contributed by atoms with Gasteiger partial charge in [0.25, 0.3) is 0 Å². The average Bonchev–Trinajstić information content (AvgIpc) is 3.21. The molecule has 4 aromatic rings. The fraction of sp³-hybridized carbons (Fsp3) is 0.353. The first-order valence-corrected chi connectivity index (χ1v) is 14.9. The molecule has 3 heterocycles. The standard InChI is InChI=1S/C34H38N4O5/c1-41-31-12-11-24-19-29-27(26-8-3-4-9-28(26)36-29)13-14-35-33(39)22-38(15-6-17-42-32(31)20-24)34(40)23-37-16-18-43-30-10-5-2-7-25(30)21-37/h2-5,7-12,20,36H,6,13-19,21-23H2,1H3,(H,35,39). The Balaban J connectivity index is 1.21. The van der Waals surface area contributed by atoms with Gasteiger partial charge in [0, 0.05) is 54.8 Å². The number of nitrogens with one attached hydrogen (secondary N) is 2. The molecule has 0 saturated carbocycles. The lowest BCUT2D eigenvalue weighted by Gasteiger charge is -2.26. The minimum Gasteiger partial charge on any atom is -0.493 e. The van der Waals surface area contributed by atoms with Crippen molar-refractivity contribution < 1.29 is 23.8 Å². The van der Waals surface area contributed by atoms with E-state index in [0.29, 0.717) is 70.2 Å². The summed E-state index contributed by atoms with van der Waals surface area (Å²) in [7, 11) is 1.63. The van der Waals surface area contributed by atoms with Gasteiger partial charge in [-0.1, -0.05) is 42.5 Å². The van der Waals surface area contributed by atoms with Gasteiger partial charge in [0.05, 0.1) is 26.8 Å². The van der Waals surface area contributed by atoms with Crippen LogP contribution < -0.4 is 19.5 Å². The summed E-state index contributed by atoms with van der Waals surface area (Å²) >= 11 is 0. The third kappa shape index (κ3) is 6.78. The molecule has 3 aromatic carbocycles. The number of benzene rings is 3. The number of carbonyl (C=O) groups is 2. The molecular weight excluding hydrogens is 544 g/mol. The van der Waals surface area contributed by atoms with Gasteiger partial charge in [-0.05, 0) is 48.2 Å². The van der Waals surface area contributed by atoms with Gasteiger partial charge >= 0.3 is 0 Å². The van der Waals surface area contributed by atoms with Crippen LogP contribution in [0.2, 0.25) is 0 Å². The summed E-state index contributed by atoms with van der Waals surface area (Å²) in [4.78, 5) is 34.0. The number of hydrogen-bond acceptors (Lipinski definition) is 6. The maximum Gasteiger partial charge on any atom is 0.239 e. The summed E-state index contributed by atoms with van der Waals surface area (Å²) in [6.45, 7) is 3.23. The monoisotopic (exact) mass is 582 g/mol. The Morgan fingerprint density at radius 3 is 2.70 bits per heavy atom. The largest absolute Gasteiger partial charge is 0.493 e. The van der Waals surface area contributed by atoms with Crippen molar-refractivity contribution in [3.8, 4) is 17.2 Å². The van der Waals surface area contributed by atoms with Crippen molar-refractivity contribution in [3.05, 3.63) is 89.1 Å². The highest BCUT2D eigenvalue weighted by atomic mass is 16.5. The van der Waals surface area contributed by atoms with E-state index in [2.05, 4.69) is 33.4 Å². The van der Waals surface area contributed by atoms with E-state index in [1.54, 1.807) is 12.0 Å². The lowest BCUT2D eigenvalue weighted by Crippen LogP contribution is -2.46. The van der Waals surface area contributed by atoms with Crippen LogP contribution in [0.3, 0.4) is 0 Å². The number of aromatic nitrogens is 1. The number of methoxy groups -OCH3 is 1. The van der Waals surface area contributed by atoms with Crippen molar-refractivity contribution in [2.45, 2.75) is 25.8 Å². The van der Waals surface area contributed by atoms with Crippen LogP contribution in [0.4, 0.5) is 0 Å².